The van der Waals surface area contributed by atoms with E-state index in [1.807, 2.05) is 10.8 Å². The van der Waals surface area contributed by atoms with E-state index in [9.17, 15) is 8.42 Å². The zero-order chi connectivity index (χ0) is 17.2. The Kier molecular flexibility index (Phi) is 4.78. The molecule has 4 nitrogen and oxygen atoms in total. The maximum atomic E-state index is 11.6. The highest BCUT2D eigenvalue weighted by Gasteiger charge is 2.09. The Morgan fingerprint density at radius 2 is 1.71 bits per heavy atom. The Bertz CT molecular complexity index is 928. The van der Waals surface area contributed by atoms with Crippen LogP contribution in [0.4, 0.5) is 0 Å². The van der Waals surface area contributed by atoms with Crippen molar-refractivity contribution in [3.05, 3.63) is 72.3 Å². The largest absolute Gasteiger partial charge is 0.303 e. The van der Waals surface area contributed by atoms with E-state index < -0.39 is 9.84 Å². The number of aryl methyl sites for hydroxylation is 1. The molecule has 1 heterocycles. The van der Waals surface area contributed by atoms with Crippen molar-refractivity contribution in [2.75, 3.05) is 6.26 Å². The van der Waals surface area contributed by atoms with Gasteiger partial charge in [-0.2, -0.15) is 0 Å². The molecule has 0 spiro atoms. The molecule has 3 rings (SSSR count). The van der Waals surface area contributed by atoms with Crippen molar-refractivity contribution in [2.45, 2.75) is 22.5 Å². The van der Waals surface area contributed by atoms with Gasteiger partial charge in [0, 0.05) is 29.2 Å². The number of aromatic nitrogens is 2. The first kappa shape index (κ1) is 16.8. The Labute approximate surface area is 146 Å². The van der Waals surface area contributed by atoms with Gasteiger partial charge in [0.1, 0.15) is 5.82 Å². The van der Waals surface area contributed by atoms with Gasteiger partial charge in [-0.1, -0.05) is 17.7 Å². The van der Waals surface area contributed by atoms with Crippen molar-refractivity contribution in [1.29, 1.82) is 0 Å². The predicted molar refractivity (Wildman–Crippen MR) is 97.4 cm³/mol. The lowest BCUT2D eigenvalue weighted by molar-refractivity contribution is 0.602. The van der Waals surface area contributed by atoms with Crippen molar-refractivity contribution >= 4 is 21.6 Å². The highest BCUT2D eigenvalue weighted by molar-refractivity contribution is 7.98. The van der Waals surface area contributed by atoms with Crippen LogP contribution in [0.25, 0.3) is 5.69 Å². The Hall–Kier alpha value is -2.05. The summed E-state index contributed by atoms with van der Waals surface area (Å²) in [7, 11) is -3.18. The molecule has 0 saturated carbocycles. The van der Waals surface area contributed by atoms with Crippen LogP contribution in [0.2, 0.25) is 0 Å². The smallest absolute Gasteiger partial charge is 0.175 e. The van der Waals surface area contributed by atoms with Gasteiger partial charge in [0.05, 0.1) is 10.6 Å². The van der Waals surface area contributed by atoms with Gasteiger partial charge in [0.2, 0.25) is 0 Å². The number of imidazole rings is 1. The molecule has 0 fully saturated rings. The van der Waals surface area contributed by atoms with Gasteiger partial charge in [-0.3, -0.25) is 0 Å². The molecule has 0 N–H and O–H groups in total. The molecule has 6 heteroatoms. The van der Waals surface area contributed by atoms with E-state index in [2.05, 4.69) is 36.2 Å². The lowest BCUT2D eigenvalue weighted by Crippen LogP contribution is -2.01. The van der Waals surface area contributed by atoms with E-state index in [0.717, 1.165) is 17.3 Å². The standard InChI is InChI=1S/C18H18N2O2S2/c1-14-3-7-16(8-4-14)23-13-18-19-11-12-20(18)15-5-9-17(10-6-15)24(2,21)22/h3-12H,13H2,1-2H3. The van der Waals surface area contributed by atoms with E-state index in [-0.39, 0.29) is 0 Å². The summed E-state index contributed by atoms with van der Waals surface area (Å²) in [6.45, 7) is 2.07. The molecule has 3 aromatic rings. The van der Waals surface area contributed by atoms with Crippen LogP contribution in [-0.2, 0) is 15.6 Å². The number of sulfone groups is 1. The van der Waals surface area contributed by atoms with Crippen LogP contribution in [0.3, 0.4) is 0 Å². The number of rotatable bonds is 5. The fourth-order valence-electron chi connectivity index (χ4n) is 2.31. The maximum absolute atomic E-state index is 11.6. The molecule has 0 radical (unpaired) electrons. The summed E-state index contributed by atoms with van der Waals surface area (Å²) < 4.78 is 25.1. The molecule has 1 aromatic heterocycles. The first-order valence-corrected chi connectivity index (χ1v) is 10.3. The van der Waals surface area contributed by atoms with Crippen LogP contribution in [0, 0.1) is 6.92 Å². The van der Waals surface area contributed by atoms with Crippen molar-refractivity contribution in [2.24, 2.45) is 0 Å². The quantitative estimate of drug-likeness (QED) is 0.650. The minimum absolute atomic E-state index is 0.321. The number of hydrogen-bond donors (Lipinski definition) is 0. The molecule has 0 unspecified atom stereocenters. The summed E-state index contributed by atoms with van der Waals surface area (Å²) in [5.41, 5.74) is 2.14. The third-order valence-electron chi connectivity index (χ3n) is 3.65. The monoisotopic (exact) mass is 358 g/mol. The highest BCUT2D eigenvalue weighted by Crippen LogP contribution is 2.24. The molecule has 0 aliphatic carbocycles. The first-order valence-electron chi connectivity index (χ1n) is 7.46. The molecule has 0 saturated heterocycles. The molecule has 0 atom stereocenters. The van der Waals surface area contributed by atoms with Gasteiger partial charge < -0.3 is 4.57 Å². The van der Waals surface area contributed by atoms with Crippen molar-refractivity contribution in [3.8, 4) is 5.69 Å². The maximum Gasteiger partial charge on any atom is 0.175 e. The normalized spacial score (nSPS) is 11.6. The molecule has 0 bridgehead atoms. The van der Waals surface area contributed by atoms with Crippen LogP contribution in [0.15, 0.2) is 70.7 Å². The zero-order valence-corrected chi connectivity index (χ0v) is 15.1. The SMILES string of the molecule is Cc1ccc(SCc2nccn2-c2ccc(S(C)(=O)=O)cc2)cc1. The number of thioether (sulfide) groups is 1. The van der Waals surface area contributed by atoms with Crippen LogP contribution < -0.4 is 0 Å². The Morgan fingerprint density at radius 3 is 2.33 bits per heavy atom. The lowest BCUT2D eigenvalue weighted by Gasteiger charge is -2.09. The number of benzene rings is 2. The van der Waals surface area contributed by atoms with E-state index >= 15 is 0 Å². The second kappa shape index (κ2) is 6.83. The molecule has 0 amide bonds. The Balaban J connectivity index is 1.78. The number of hydrogen-bond acceptors (Lipinski definition) is 4. The topological polar surface area (TPSA) is 52.0 Å². The van der Waals surface area contributed by atoms with Crippen LogP contribution in [0.1, 0.15) is 11.4 Å². The van der Waals surface area contributed by atoms with Gasteiger partial charge >= 0.3 is 0 Å². The van der Waals surface area contributed by atoms with E-state index in [1.54, 1.807) is 42.2 Å². The summed E-state index contributed by atoms with van der Waals surface area (Å²) in [6, 6.07) is 15.3. The summed E-state index contributed by atoms with van der Waals surface area (Å²) in [5.74, 6) is 1.66. The second-order valence-electron chi connectivity index (χ2n) is 5.58. The zero-order valence-electron chi connectivity index (χ0n) is 13.5. The summed E-state index contributed by atoms with van der Waals surface area (Å²) in [5, 5.41) is 0. The fraction of sp³-hybridized carbons (Fsp3) is 0.167. The third-order valence-corrected chi connectivity index (χ3v) is 5.79. The summed E-state index contributed by atoms with van der Waals surface area (Å²) >= 11 is 1.72. The Morgan fingerprint density at radius 1 is 1.04 bits per heavy atom. The van der Waals surface area contributed by atoms with Crippen molar-refractivity contribution in [3.63, 3.8) is 0 Å². The molecule has 2 aromatic carbocycles. The highest BCUT2D eigenvalue weighted by atomic mass is 32.2. The first-order chi connectivity index (χ1) is 11.4. The van der Waals surface area contributed by atoms with Gasteiger partial charge in [-0.25, -0.2) is 13.4 Å². The minimum atomic E-state index is -3.18. The average molecular weight is 358 g/mol. The lowest BCUT2D eigenvalue weighted by atomic mass is 10.2. The summed E-state index contributed by atoms with van der Waals surface area (Å²) in [4.78, 5) is 5.94. The molecule has 0 aliphatic rings. The second-order valence-corrected chi connectivity index (χ2v) is 8.65. The predicted octanol–water partition coefficient (Wildman–Crippen LogP) is 3.88. The van der Waals surface area contributed by atoms with E-state index in [0.29, 0.717) is 4.90 Å². The summed E-state index contributed by atoms with van der Waals surface area (Å²) in [6.07, 6.45) is 4.86. The van der Waals surface area contributed by atoms with Crippen molar-refractivity contribution in [1.82, 2.24) is 9.55 Å². The average Bonchev–Trinajstić information content (AvgIpc) is 3.02. The molecule has 24 heavy (non-hydrogen) atoms. The molecular weight excluding hydrogens is 340 g/mol. The van der Waals surface area contributed by atoms with Crippen LogP contribution >= 0.6 is 11.8 Å². The van der Waals surface area contributed by atoms with Gasteiger partial charge in [0.15, 0.2) is 9.84 Å². The molecule has 124 valence electrons. The molecule has 0 aliphatic heterocycles. The van der Waals surface area contributed by atoms with Crippen molar-refractivity contribution < 1.29 is 8.42 Å². The number of nitrogens with zero attached hydrogens (tertiary/aromatic N) is 2. The van der Waals surface area contributed by atoms with Gasteiger partial charge in [0.25, 0.3) is 0 Å². The van der Waals surface area contributed by atoms with Gasteiger partial charge in [-0.15, -0.1) is 11.8 Å². The van der Waals surface area contributed by atoms with E-state index in [4.69, 9.17) is 0 Å². The van der Waals surface area contributed by atoms with Gasteiger partial charge in [-0.05, 0) is 43.3 Å². The molecular formula is C18H18N2O2S2. The minimum Gasteiger partial charge on any atom is -0.303 e. The fourth-order valence-corrected chi connectivity index (χ4v) is 3.78. The van der Waals surface area contributed by atoms with Crippen LogP contribution in [0.5, 0.6) is 0 Å². The van der Waals surface area contributed by atoms with Crippen LogP contribution in [-0.4, -0.2) is 24.2 Å². The third kappa shape index (κ3) is 3.88. The van der Waals surface area contributed by atoms with E-state index in [1.165, 1.54) is 16.7 Å².